The van der Waals surface area contributed by atoms with Crippen LogP contribution in [0.2, 0.25) is 0 Å². The van der Waals surface area contributed by atoms with Crippen LogP contribution in [0.5, 0.6) is 0 Å². The first kappa shape index (κ1) is 37.1. The molecule has 20 heteroatoms. The summed E-state index contributed by atoms with van der Waals surface area (Å²) in [4.78, 5) is 125. The van der Waals surface area contributed by atoms with E-state index in [9.17, 15) is 43.2 Å². The smallest absolute Gasteiger partial charge is 0.328 e. The molecule has 4 heterocycles. The number of H-pyrrole nitrogens is 3. The molecule has 0 bridgehead atoms. The first-order chi connectivity index (χ1) is 25.3. The van der Waals surface area contributed by atoms with Gasteiger partial charge in [-0.25, -0.2) is 14.6 Å². The molecule has 0 saturated heterocycles. The molecule has 0 aliphatic carbocycles. The van der Waals surface area contributed by atoms with E-state index in [1.807, 2.05) is 34.2 Å². The number of nitrogens with zero attached hydrogens (tertiary/aromatic N) is 5. The molecule has 0 radical (unpaired) electrons. The Morgan fingerprint density at radius 3 is 1.91 bits per heavy atom. The molecule has 5 aromatic rings. The second-order valence-electron chi connectivity index (χ2n) is 11.9. The van der Waals surface area contributed by atoms with Gasteiger partial charge in [0.2, 0.25) is 23.6 Å². The van der Waals surface area contributed by atoms with E-state index in [1.165, 1.54) is 0 Å². The van der Waals surface area contributed by atoms with Crippen LogP contribution in [0, 0.1) is 6.92 Å². The molecule has 5 amide bonds. The molecule has 0 atom stereocenters. The van der Waals surface area contributed by atoms with E-state index in [-0.39, 0.29) is 31.9 Å². The molecule has 5 rings (SSSR count). The first-order valence-electron chi connectivity index (χ1n) is 16.2. The minimum absolute atomic E-state index is 0.115. The van der Waals surface area contributed by atoms with Crippen LogP contribution < -0.4 is 38.9 Å². The molecule has 0 aliphatic heterocycles. The monoisotopic (exact) mass is 729 g/mol. The Labute approximate surface area is 297 Å². The number of nitrogens with two attached hydrogens (primary N) is 1. The number of aromatic nitrogens is 6. The maximum absolute atomic E-state index is 13.3. The van der Waals surface area contributed by atoms with E-state index in [1.54, 1.807) is 13.0 Å². The molecule has 7 N–H and O–H groups in total. The van der Waals surface area contributed by atoms with Gasteiger partial charge in [0.25, 0.3) is 17.0 Å². The number of para-hydroxylation sites is 1. The highest BCUT2D eigenvalue weighted by molar-refractivity contribution is 6.10. The number of rotatable bonds is 15. The number of pyridine rings is 1. The second kappa shape index (κ2) is 16.3. The van der Waals surface area contributed by atoms with E-state index in [4.69, 9.17) is 5.73 Å². The van der Waals surface area contributed by atoms with Crippen LogP contribution >= 0.6 is 0 Å². The molecule has 0 fully saturated rings. The summed E-state index contributed by atoms with van der Waals surface area (Å²) in [5, 5.41) is 6.96. The lowest BCUT2D eigenvalue weighted by Crippen LogP contribution is -2.48. The van der Waals surface area contributed by atoms with Crippen molar-refractivity contribution in [3.63, 3.8) is 0 Å². The number of primary amides is 1. The molecule has 53 heavy (non-hydrogen) atoms. The quantitative estimate of drug-likeness (QED) is 0.0640. The Balaban J connectivity index is 1.24. The predicted octanol–water partition coefficient (Wildman–Crippen LogP) is -2.89. The van der Waals surface area contributed by atoms with Gasteiger partial charge in [-0.15, -0.1) is 0 Å². The third-order valence-electron chi connectivity index (χ3n) is 8.07. The first-order valence-corrected chi connectivity index (χ1v) is 16.2. The van der Waals surface area contributed by atoms with Crippen LogP contribution in [-0.4, -0.2) is 108 Å². The summed E-state index contributed by atoms with van der Waals surface area (Å²) in [6, 6.07) is 11.3. The van der Waals surface area contributed by atoms with Crippen LogP contribution in [0.4, 0.5) is 0 Å². The Kier molecular flexibility index (Phi) is 11.4. The summed E-state index contributed by atoms with van der Waals surface area (Å²) in [5.74, 6) is -3.49. The van der Waals surface area contributed by atoms with Crippen molar-refractivity contribution in [1.29, 1.82) is 0 Å². The molecule has 0 saturated carbocycles. The zero-order chi connectivity index (χ0) is 38.2. The highest BCUT2D eigenvalue weighted by Gasteiger charge is 2.21. The molecule has 20 nitrogen and oxygen atoms in total. The summed E-state index contributed by atoms with van der Waals surface area (Å²) in [5.41, 5.74) is 4.67. The number of aryl methyl sites for hydroxylation is 1. The normalized spacial score (nSPS) is 11.0. The lowest BCUT2D eigenvalue weighted by Gasteiger charge is -2.24. The van der Waals surface area contributed by atoms with Gasteiger partial charge in [-0.2, -0.15) is 0 Å². The van der Waals surface area contributed by atoms with Gasteiger partial charge in [0.15, 0.2) is 0 Å². The number of hydrogen-bond acceptors (Lipinski definition) is 10. The standard InChI is InChI=1S/C33H35N11O9/c1-19-30-21(20-4-2-3-5-22(20)38-30)14-23(37-19)31(51)36-9-13-42(29(50)18-44-11-7-26(47)40-33(44)53)16-27(48)35-8-12-41(15-24(34)45)28(49)17-43-10-6-25(46)39-32(43)52/h2-7,10-11,14,38H,8-9,12-13,15-18H2,1H3,(H2,34,45)(H,35,48)(H,36,51)(H,39,46,52)(H,40,47,53). The van der Waals surface area contributed by atoms with Gasteiger partial charge in [-0.3, -0.25) is 52.7 Å². The van der Waals surface area contributed by atoms with E-state index in [0.29, 0.717) is 5.69 Å². The zero-order valence-corrected chi connectivity index (χ0v) is 28.3. The van der Waals surface area contributed by atoms with Crippen molar-refractivity contribution in [3.05, 3.63) is 108 Å². The van der Waals surface area contributed by atoms with Crippen molar-refractivity contribution in [2.24, 2.45) is 5.73 Å². The van der Waals surface area contributed by atoms with Crippen LogP contribution in [0.25, 0.3) is 21.8 Å². The maximum atomic E-state index is 13.3. The van der Waals surface area contributed by atoms with Crippen molar-refractivity contribution in [2.45, 2.75) is 20.0 Å². The van der Waals surface area contributed by atoms with Crippen LogP contribution in [0.3, 0.4) is 0 Å². The number of nitrogens with one attached hydrogen (secondary N) is 5. The van der Waals surface area contributed by atoms with Gasteiger partial charge in [0.05, 0.1) is 24.3 Å². The number of amides is 5. The molecular formula is C33H35N11O9. The lowest BCUT2D eigenvalue weighted by molar-refractivity contribution is -0.137. The summed E-state index contributed by atoms with van der Waals surface area (Å²) >= 11 is 0. The molecule has 4 aromatic heterocycles. The third kappa shape index (κ3) is 9.36. The number of fused-ring (bicyclic) bond motifs is 3. The molecule has 1 aromatic carbocycles. The van der Waals surface area contributed by atoms with Crippen molar-refractivity contribution in [3.8, 4) is 0 Å². The van der Waals surface area contributed by atoms with Gasteiger partial charge in [-0.1, -0.05) is 18.2 Å². The van der Waals surface area contributed by atoms with Gasteiger partial charge < -0.3 is 31.2 Å². The lowest BCUT2D eigenvalue weighted by atomic mass is 10.1. The molecule has 0 spiro atoms. The van der Waals surface area contributed by atoms with E-state index < -0.39 is 78.2 Å². The fraction of sp³-hybridized carbons (Fsp3) is 0.273. The zero-order valence-electron chi connectivity index (χ0n) is 28.3. The fourth-order valence-corrected chi connectivity index (χ4v) is 5.48. The number of aromatic amines is 3. The average Bonchev–Trinajstić information content (AvgIpc) is 3.49. The van der Waals surface area contributed by atoms with E-state index >= 15 is 0 Å². The van der Waals surface area contributed by atoms with Crippen LogP contribution in [0.15, 0.2) is 74.0 Å². The van der Waals surface area contributed by atoms with Crippen molar-refractivity contribution in [1.82, 2.24) is 49.5 Å². The Bertz CT molecular complexity index is 2460. The molecule has 276 valence electrons. The van der Waals surface area contributed by atoms with Gasteiger partial charge in [-0.05, 0) is 19.1 Å². The third-order valence-corrected chi connectivity index (χ3v) is 8.07. The fourth-order valence-electron chi connectivity index (χ4n) is 5.48. The minimum atomic E-state index is -0.860. The Morgan fingerprint density at radius 1 is 0.755 bits per heavy atom. The van der Waals surface area contributed by atoms with E-state index in [2.05, 4.69) is 20.6 Å². The SMILES string of the molecule is Cc1nc(C(=O)NCCN(CC(=O)NCCN(CC(N)=O)C(=O)Cn2ccc(=O)[nH]c2=O)C(=O)Cn2ccc(=O)[nH]c2=O)cc2c1[nH]c1ccccc12. The van der Waals surface area contributed by atoms with Crippen LogP contribution in [-0.2, 0) is 32.3 Å². The number of hydrogen-bond donors (Lipinski definition) is 6. The van der Waals surface area contributed by atoms with Crippen molar-refractivity contribution < 1.29 is 24.0 Å². The molecule has 0 aliphatic rings. The average molecular weight is 730 g/mol. The van der Waals surface area contributed by atoms with Crippen molar-refractivity contribution >= 4 is 51.3 Å². The number of carbonyl (C=O) groups is 5. The van der Waals surface area contributed by atoms with Gasteiger partial charge >= 0.3 is 11.4 Å². The minimum Gasteiger partial charge on any atom is -0.368 e. The van der Waals surface area contributed by atoms with Crippen molar-refractivity contribution in [2.75, 3.05) is 39.3 Å². The number of carbonyl (C=O) groups excluding carboxylic acids is 5. The highest BCUT2D eigenvalue weighted by Crippen LogP contribution is 2.27. The topological polar surface area (TPSA) is 280 Å². The Hall–Kier alpha value is -7.12. The van der Waals surface area contributed by atoms with Gasteiger partial charge in [0, 0.05) is 67.0 Å². The largest absolute Gasteiger partial charge is 0.368 e. The Morgan fingerprint density at radius 2 is 1.32 bits per heavy atom. The van der Waals surface area contributed by atoms with Gasteiger partial charge in [0.1, 0.15) is 18.8 Å². The summed E-state index contributed by atoms with van der Waals surface area (Å²) in [7, 11) is 0. The van der Waals surface area contributed by atoms with Crippen LogP contribution in [0.1, 0.15) is 16.2 Å². The second-order valence-corrected chi connectivity index (χ2v) is 11.9. The summed E-state index contributed by atoms with van der Waals surface area (Å²) < 4.78 is 1.86. The molecule has 0 unspecified atom stereocenters. The highest BCUT2D eigenvalue weighted by atomic mass is 16.2. The summed E-state index contributed by atoms with van der Waals surface area (Å²) in [6.45, 7) is -1.08. The van der Waals surface area contributed by atoms with E-state index in [0.717, 1.165) is 65.3 Å². The predicted molar refractivity (Wildman–Crippen MR) is 189 cm³/mol. The number of benzene rings is 1. The molecular weight excluding hydrogens is 694 g/mol. The maximum Gasteiger partial charge on any atom is 0.328 e. The summed E-state index contributed by atoms with van der Waals surface area (Å²) in [6.07, 6.45) is 2.23.